The van der Waals surface area contributed by atoms with Crippen molar-refractivity contribution < 1.29 is 15.4 Å². The summed E-state index contributed by atoms with van der Waals surface area (Å²) in [5, 5.41) is 22.7. The average Bonchev–Trinajstić information content (AvgIpc) is 2.16. The number of hydrogen-bond donors (Lipinski definition) is 5. The van der Waals surface area contributed by atoms with Gasteiger partial charge in [-0.25, -0.2) is 10.8 Å². The van der Waals surface area contributed by atoms with Gasteiger partial charge >= 0.3 is 0 Å². The van der Waals surface area contributed by atoms with Gasteiger partial charge in [-0.3, -0.25) is 5.43 Å². The highest BCUT2D eigenvalue weighted by Crippen LogP contribution is 2.17. The van der Waals surface area contributed by atoms with Crippen molar-refractivity contribution in [3.05, 3.63) is 34.4 Å². The van der Waals surface area contributed by atoms with Crippen LogP contribution in [0.15, 0.2) is 29.3 Å². The molecule has 0 aliphatic rings. The number of hydrazine groups is 1. The standard InChI is InChI=1S/C7H10N4O.HNO3/c8-7(11-9)10-5-2-1-3-6(12)4-5;2-1(3)4/h1-4,12H,9H2,(H3,8,10,11);(H,2,3,4). The second-order valence-electron chi connectivity index (χ2n) is 2.40. The predicted octanol–water partition coefficient (Wildman–Crippen LogP) is -0.546. The van der Waals surface area contributed by atoms with Crippen LogP contribution in [-0.2, 0) is 0 Å². The van der Waals surface area contributed by atoms with Crippen molar-refractivity contribution in [2.45, 2.75) is 0 Å². The number of aliphatic imine (C=N–C) groups is 1. The van der Waals surface area contributed by atoms with E-state index in [9.17, 15) is 0 Å². The molecule has 0 heterocycles. The van der Waals surface area contributed by atoms with E-state index in [-0.39, 0.29) is 11.7 Å². The highest BCUT2D eigenvalue weighted by molar-refractivity contribution is 5.80. The van der Waals surface area contributed by atoms with Crippen molar-refractivity contribution >= 4 is 11.6 Å². The van der Waals surface area contributed by atoms with Gasteiger partial charge in [-0.05, 0) is 12.1 Å². The van der Waals surface area contributed by atoms with Crippen LogP contribution >= 0.6 is 0 Å². The maximum Gasteiger partial charge on any atom is 0.291 e. The Balaban J connectivity index is 0.000000487. The smallest absolute Gasteiger partial charge is 0.291 e. The first-order chi connectivity index (χ1) is 7.45. The fraction of sp³-hybridized carbons (Fsp3) is 0. The minimum atomic E-state index is -1.50. The lowest BCUT2D eigenvalue weighted by Gasteiger charge is -1.98. The van der Waals surface area contributed by atoms with Gasteiger partial charge in [0.25, 0.3) is 5.09 Å². The van der Waals surface area contributed by atoms with E-state index in [1.807, 2.05) is 0 Å². The molecule has 0 amide bonds. The molecule has 0 saturated carbocycles. The number of aromatic hydroxyl groups is 1. The van der Waals surface area contributed by atoms with Crippen molar-refractivity contribution in [2.75, 3.05) is 0 Å². The van der Waals surface area contributed by atoms with E-state index in [4.69, 9.17) is 32.0 Å². The van der Waals surface area contributed by atoms with Gasteiger partial charge in [0.1, 0.15) is 5.75 Å². The lowest BCUT2D eigenvalue weighted by molar-refractivity contribution is -0.742. The molecule has 1 aromatic carbocycles. The Bertz CT molecular complexity index is 377. The number of nitrogens with two attached hydrogens (primary N) is 2. The summed E-state index contributed by atoms with van der Waals surface area (Å²) in [7, 11) is 0. The Morgan fingerprint density at radius 1 is 1.56 bits per heavy atom. The van der Waals surface area contributed by atoms with Crippen molar-refractivity contribution in [3.63, 3.8) is 0 Å². The third-order valence-corrected chi connectivity index (χ3v) is 1.23. The van der Waals surface area contributed by atoms with Crippen LogP contribution in [0.3, 0.4) is 0 Å². The van der Waals surface area contributed by atoms with Gasteiger partial charge in [-0.2, -0.15) is 0 Å². The molecule has 0 unspecified atom stereocenters. The number of hydrogen-bond acceptors (Lipinski definition) is 5. The summed E-state index contributed by atoms with van der Waals surface area (Å²) in [5.41, 5.74) is 8.01. The number of nitrogens with one attached hydrogen (secondary N) is 1. The highest BCUT2D eigenvalue weighted by atomic mass is 16.9. The molecule has 9 heteroatoms. The minimum absolute atomic E-state index is 0.0978. The second-order valence-corrected chi connectivity index (χ2v) is 2.40. The van der Waals surface area contributed by atoms with Crippen LogP contribution in [0, 0.1) is 10.1 Å². The van der Waals surface area contributed by atoms with Crippen LogP contribution < -0.4 is 17.0 Å². The van der Waals surface area contributed by atoms with Crippen LogP contribution in [0.1, 0.15) is 0 Å². The number of nitrogens with zero attached hydrogens (tertiary/aromatic N) is 2. The summed E-state index contributed by atoms with van der Waals surface area (Å²) in [6, 6.07) is 6.39. The Hall–Kier alpha value is -2.55. The van der Waals surface area contributed by atoms with E-state index in [0.29, 0.717) is 5.69 Å². The van der Waals surface area contributed by atoms with Crippen molar-refractivity contribution in [2.24, 2.45) is 16.6 Å². The zero-order valence-corrected chi connectivity index (χ0v) is 8.07. The topological polar surface area (TPSA) is 160 Å². The largest absolute Gasteiger partial charge is 0.508 e. The molecule has 0 fully saturated rings. The molecule has 0 atom stereocenters. The Morgan fingerprint density at radius 3 is 2.56 bits per heavy atom. The molecule has 0 spiro atoms. The number of rotatable bonds is 1. The molecule has 0 aliphatic heterocycles. The lowest BCUT2D eigenvalue weighted by Crippen LogP contribution is -2.36. The van der Waals surface area contributed by atoms with Gasteiger partial charge < -0.3 is 16.0 Å². The predicted molar refractivity (Wildman–Crippen MR) is 55.5 cm³/mol. The summed E-state index contributed by atoms with van der Waals surface area (Å²) in [4.78, 5) is 12.2. The van der Waals surface area contributed by atoms with E-state index in [1.165, 1.54) is 6.07 Å². The molecule has 0 radical (unpaired) electrons. The Kier molecular flexibility index (Phi) is 5.75. The monoisotopic (exact) mass is 229 g/mol. The third kappa shape index (κ3) is 6.91. The molecule has 7 N–H and O–H groups in total. The molecule has 0 aliphatic carbocycles. The van der Waals surface area contributed by atoms with Crippen molar-refractivity contribution in [3.8, 4) is 5.75 Å². The van der Waals surface area contributed by atoms with Crippen LogP contribution in [-0.4, -0.2) is 21.4 Å². The van der Waals surface area contributed by atoms with Gasteiger partial charge in [-0.1, -0.05) is 6.07 Å². The number of phenolic OH excluding ortho intramolecular Hbond substituents is 1. The van der Waals surface area contributed by atoms with Crippen molar-refractivity contribution in [1.29, 1.82) is 0 Å². The molecular weight excluding hydrogens is 218 g/mol. The number of phenols is 1. The summed E-state index contributed by atoms with van der Waals surface area (Å²) < 4.78 is 0. The summed E-state index contributed by atoms with van der Waals surface area (Å²) in [5.74, 6) is 5.23. The van der Waals surface area contributed by atoms with E-state index in [0.717, 1.165) is 0 Å². The summed E-state index contributed by atoms with van der Waals surface area (Å²) >= 11 is 0. The summed E-state index contributed by atoms with van der Waals surface area (Å²) in [6.45, 7) is 0. The minimum Gasteiger partial charge on any atom is -0.508 e. The zero-order chi connectivity index (χ0) is 12.6. The fourth-order valence-corrected chi connectivity index (χ4v) is 0.734. The number of guanidine groups is 1. The highest BCUT2D eigenvalue weighted by Gasteiger charge is 1.92. The van der Waals surface area contributed by atoms with Gasteiger partial charge in [0.2, 0.25) is 5.96 Å². The van der Waals surface area contributed by atoms with Gasteiger partial charge in [-0.15, -0.1) is 10.1 Å². The van der Waals surface area contributed by atoms with E-state index < -0.39 is 5.09 Å². The van der Waals surface area contributed by atoms with E-state index in [1.54, 1.807) is 18.2 Å². The van der Waals surface area contributed by atoms with E-state index in [2.05, 4.69) is 10.4 Å². The van der Waals surface area contributed by atoms with Gasteiger partial charge in [0.15, 0.2) is 0 Å². The van der Waals surface area contributed by atoms with Crippen LogP contribution in [0.25, 0.3) is 0 Å². The maximum absolute atomic E-state index is 9.04. The first kappa shape index (κ1) is 13.4. The molecule has 1 rings (SSSR count). The van der Waals surface area contributed by atoms with Gasteiger partial charge in [0, 0.05) is 6.07 Å². The summed E-state index contributed by atoms with van der Waals surface area (Å²) in [6.07, 6.45) is 0. The fourth-order valence-electron chi connectivity index (χ4n) is 0.734. The van der Waals surface area contributed by atoms with E-state index >= 15 is 0 Å². The molecule has 0 saturated heterocycles. The molecule has 88 valence electrons. The zero-order valence-electron chi connectivity index (χ0n) is 8.07. The van der Waals surface area contributed by atoms with Crippen LogP contribution in [0.5, 0.6) is 5.75 Å². The SMILES string of the molecule is NNC(N)=Nc1cccc(O)c1.O=[N+]([O-])O. The van der Waals surface area contributed by atoms with Gasteiger partial charge in [0.05, 0.1) is 5.69 Å². The second kappa shape index (κ2) is 6.84. The molecule has 0 aromatic heterocycles. The quantitative estimate of drug-likeness (QED) is 0.142. The first-order valence-corrected chi connectivity index (χ1v) is 3.88. The Morgan fingerprint density at radius 2 is 2.12 bits per heavy atom. The molecule has 0 bridgehead atoms. The van der Waals surface area contributed by atoms with Crippen LogP contribution in [0.2, 0.25) is 0 Å². The number of benzene rings is 1. The normalized spacial score (nSPS) is 9.94. The van der Waals surface area contributed by atoms with Crippen LogP contribution in [0.4, 0.5) is 5.69 Å². The van der Waals surface area contributed by atoms with Crippen molar-refractivity contribution in [1.82, 2.24) is 5.43 Å². The molecule has 9 nitrogen and oxygen atoms in total. The Labute approximate surface area is 90.1 Å². The first-order valence-electron chi connectivity index (χ1n) is 3.88. The molecule has 16 heavy (non-hydrogen) atoms. The maximum atomic E-state index is 9.04. The average molecular weight is 229 g/mol. The lowest BCUT2D eigenvalue weighted by atomic mass is 10.3. The molecular formula is C7H11N5O4. The third-order valence-electron chi connectivity index (χ3n) is 1.23. The molecule has 1 aromatic rings.